The van der Waals surface area contributed by atoms with E-state index in [0.29, 0.717) is 37.1 Å². The molecule has 3 heterocycles. The van der Waals surface area contributed by atoms with Crippen molar-refractivity contribution in [1.29, 1.82) is 0 Å². The van der Waals surface area contributed by atoms with Crippen molar-refractivity contribution in [2.24, 2.45) is 0 Å². The zero-order chi connectivity index (χ0) is 13.5. The summed E-state index contributed by atoms with van der Waals surface area (Å²) in [6.45, 7) is 1.43. The molecule has 2 aromatic heterocycles. The van der Waals surface area contributed by atoms with Gasteiger partial charge in [-0.3, -0.25) is 0 Å². The molecule has 1 aliphatic heterocycles. The van der Waals surface area contributed by atoms with Gasteiger partial charge in [0, 0.05) is 12.2 Å². The van der Waals surface area contributed by atoms with Crippen LogP contribution in [0.25, 0.3) is 11.2 Å². The monoisotopic (exact) mass is 270 g/mol. The highest BCUT2D eigenvalue weighted by molar-refractivity contribution is 5.71. The first-order chi connectivity index (χ1) is 9.07. The Labute approximate surface area is 107 Å². The summed E-state index contributed by atoms with van der Waals surface area (Å²) >= 11 is 0. The smallest absolute Gasteiger partial charge is 0.317 e. The number of nitrogens with one attached hydrogen (secondary N) is 1. The lowest BCUT2D eigenvalue weighted by Crippen LogP contribution is -2.31. The van der Waals surface area contributed by atoms with Crippen LogP contribution in [0, 0.1) is 0 Å². The van der Waals surface area contributed by atoms with Gasteiger partial charge in [0.2, 0.25) is 5.82 Å². The Morgan fingerprint density at radius 1 is 1.26 bits per heavy atom. The summed E-state index contributed by atoms with van der Waals surface area (Å²) in [6.07, 6.45) is -1.64. The Kier molecular flexibility index (Phi) is 2.93. The van der Waals surface area contributed by atoms with Gasteiger partial charge in [0.05, 0.1) is 0 Å². The number of aromatic nitrogens is 3. The molecule has 1 saturated heterocycles. The van der Waals surface area contributed by atoms with E-state index in [1.54, 1.807) is 12.1 Å². The minimum atomic E-state index is -4.45. The van der Waals surface area contributed by atoms with Crippen molar-refractivity contribution in [2.45, 2.75) is 25.1 Å². The maximum absolute atomic E-state index is 13.1. The average Bonchev–Trinajstić information content (AvgIpc) is 2.79. The molecule has 19 heavy (non-hydrogen) atoms. The van der Waals surface area contributed by atoms with Crippen molar-refractivity contribution >= 4 is 11.2 Å². The Hall–Kier alpha value is -1.63. The molecule has 1 N–H and O–H groups in total. The van der Waals surface area contributed by atoms with Gasteiger partial charge >= 0.3 is 6.18 Å². The van der Waals surface area contributed by atoms with Gasteiger partial charge in [-0.1, -0.05) is 0 Å². The predicted molar refractivity (Wildman–Crippen MR) is 63.7 cm³/mol. The Balaban J connectivity index is 2.18. The number of rotatable bonds is 1. The summed E-state index contributed by atoms with van der Waals surface area (Å²) in [5.74, 6) is -0.840. The van der Waals surface area contributed by atoms with Crippen LogP contribution in [-0.2, 0) is 6.18 Å². The summed E-state index contributed by atoms with van der Waals surface area (Å²) in [4.78, 5) is 7.78. The molecule has 3 rings (SSSR count). The molecule has 0 spiro atoms. The van der Waals surface area contributed by atoms with Crippen molar-refractivity contribution < 1.29 is 13.2 Å². The number of hydrogen-bond donors (Lipinski definition) is 1. The number of imidazole rings is 1. The lowest BCUT2D eigenvalue weighted by atomic mass is 10.1. The Morgan fingerprint density at radius 3 is 2.68 bits per heavy atom. The number of fused-ring (bicyclic) bond motifs is 1. The normalized spacial score (nSPS) is 18.1. The molecule has 1 fully saturated rings. The second-order valence-electron chi connectivity index (χ2n) is 4.63. The number of alkyl halides is 3. The minimum Gasteiger partial charge on any atom is -0.317 e. The summed E-state index contributed by atoms with van der Waals surface area (Å²) in [5, 5.41) is 3.15. The van der Waals surface area contributed by atoms with E-state index in [9.17, 15) is 13.2 Å². The van der Waals surface area contributed by atoms with E-state index in [1.807, 2.05) is 0 Å². The number of halogens is 3. The first kappa shape index (κ1) is 12.4. The lowest BCUT2D eigenvalue weighted by molar-refractivity contribution is -0.147. The Bertz CT molecular complexity index is 584. The number of piperidine rings is 1. The van der Waals surface area contributed by atoms with Crippen molar-refractivity contribution in [3.8, 4) is 0 Å². The minimum absolute atomic E-state index is 0.197. The van der Waals surface area contributed by atoms with Crippen molar-refractivity contribution in [3.63, 3.8) is 0 Å². The van der Waals surface area contributed by atoms with E-state index in [1.165, 1.54) is 10.8 Å². The van der Waals surface area contributed by atoms with E-state index in [2.05, 4.69) is 15.3 Å². The fraction of sp³-hybridized carbons (Fsp3) is 0.500. The quantitative estimate of drug-likeness (QED) is 0.865. The molecule has 102 valence electrons. The van der Waals surface area contributed by atoms with Crippen LogP contribution in [0.15, 0.2) is 18.3 Å². The maximum atomic E-state index is 13.1. The van der Waals surface area contributed by atoms with Gasteiger partial charge in [-0.25, -0.2) is 9.97 Å². The van der Waals surface area contributed by atoms with Gasteiger partial charge in [0.25, 0.3) is 0 Å². The van der Waals surface area contributed by atoms with Crippen LogP contribution in [0.3, 0.4) is 0 Å². The molecule has 0 amide bonds. The van der Waals surface area contributed by atoms with Gasteiger partial charge in [0.1, 0.15) is 5.52 Å². The molecule has 0 radical (unpaired) electrons. The van der Waals surface area contributed by atoms with Crippen molar-refractivity contribution in [3.05, 3.63) is 24.2 Å². The number of pyridine rings is 1. The van der Waals surface area contributed by atoms with Crippen LogP contribution in [0.5, 0.6) is 0 Å². The van der Waals surface area contributed by atoms with Crippen LogP contribution in [0.1, 0.15) is 24.7 Å². The zero-order valence-electron chi connectivity index (χ0n) is 10.1. The predicted octanol–water partition coefficient (Wildman–Crippen LogP) is 2.37. The first-order valence-electron chi connectivity index (χ1n) is 6.18. The summed E-state index contributed by atoms with van der Waals surface area (Å²) < 4.78 is 40.6. The van der Waals surface area contributed by atoms with Gasteiger partial charge in [-0.2, -0.15) is 13.2 Å². The van der Waals surface area contributed by atoms with E-state index in [4.69, 9.17) is 0 Å². The maximum Gasteiger partial charge on any atom is 0.449 e. The summed E-state index contributed by atoms with van der Waals surface area (Å²) in [6, 6.07) is 2.97. The third-order valence-electron chi connectivity index (χ3n) is 3.38. The van der Waals surface area contributed by atoms with Crippen molar-refractivity contribution in [1.82, 2.24) is 19.9 Å². The Morgan fingerprint density at radius 2 is 2.00 bits per heavy atom. The molecule has 2 aromatic rings. The molecule has 0 unspecified atom stereocenters. The van der Waals surface area contributed by atoms with Gasteiger partial charge in [0.15, 0.2) is 5.65 Å². The molecule has 0 atom stereocenters. The van der Waals surface area contributed by atoms with Gasteiger partial charge in [-0.05, 0) is 38.1 Å². The zero-order valence-corrected chi connectivity index (χ0v) is 10.1. The van der Waals surface area contributed by atoms with Gasteiger partial charge < -0.3 is 9.88 Å². The fourth-order valence-corrected chi connectivity index (χ4v) is 2.54. The molecule has 0 saturated carbocycles. The molecule has 7 heteroatoms. The van der Waals surface area contributed by atoms with E-state index in [0.717, 1.165) is 0 Å². The molecule has 4 nitrogen and oxygen atoms in total. The molecular weight excluding hydrogens is 257 g/mol. The molecule has 0 aromatic carbocycles. The van der Waals surface area contributed by atoms with E-state index >= 15 is 0 Å². The topological polar surface area (TPSA) is 42.7 Å². The SMILES string of the molecule is FC(F)(F)c1nc2cccnc2n1C1CCNCC1. The summed E-state index contributed by atoms with van der Waals surface area (Å²) in [7, 11) is 0. The summed E-state index contributed by atoms with van der Waals surface area (Å²) in [5.41, 5.74) is 0.620. The van der Waals surface area contributed by atoms with Crippen LogP contribution in [-0.4, -0.2) is 27.6 Å². The molecule has 0 aliphatic carbocycles. The first-order valence-corrected chi connectivity index (χ1v) is 6.18. The van der Waals surface area contributed by atoms with Crippen LogP contribution < -0.4 is 5.32 Å². The number of hydrogen-bond acceptors (Lipinski definition) is 3. The highest BCUT2D eigenvalue weighted by atomic mass is 19.4. The van der Waals surface area contributed by atoms with E-state index < -0.39 is 12.0 Å². The van der Waals surface area contributed by atoms with Crippen molar-refractivity contribution in [2.75, 3.05) is 13.1 Å². The lowest BCUT2D eigenvalue weighted by Gasteiger charge is -2.26. The second kappa shape index (κ2) is 4.48. The number of nitrogens with zero attached hydrogens (tertiary/aromatic N) is 3. The van der Waals surface area contributed by atoms with Crippen LogP contribution in [0.4, 0.5) is 13.2 Å². The molecule has 0 bridgehead atoms. The largest absolute Gasteiger partial charge is 0.449 e. The van der Waals surface area contributed by atoms with E-state index in [-0.39, 0.29) is 6.04 Å². The van der Waals surface area contributed by atoms with Crippen LogP contribution in [0.2, 0.25) is 0 Å². The van der Waals surface area contributed by atoms with Gasteiger partial charge in [-0.15, -0.1) is 0 Å². The second-order valence-corrected chi connectivity index (χ2v) is 4.63. The fourth-order valence-electron chi connectivity index (χ4n) is 2.54. The third kappa shape index (κ3) is 2.18. The highest BCUT2D eigenvalue weighted by Crippen LogP contribution is 2.35. The standard InChI is InChI=1S/C12H13F3N4/c13-12(14,15)11-18-9-2-1-5-17-10(9)19(11)8-3-6-16-7-4-8/h1-2,5,8,16H,3-4,6-7H2. The molecular formula is C12H13F3N4. The van der Waals surface area contributed by atoms with Crippen LogP contribution >= 0.6 is 0 Å². The average molecular weight is 270 g/mol. The molecule has 1 aliphatic rings. The highest BCUT2D eigenvalue weighted by Gasteiger charge is 2.39. The third-order valence-corrected chi connectivity index (χ3v) is 3.38.